The zero-order valence-electron chi connectivity index (χ0n) is 12.4. The number of hydrogen-bond donors (Lipinski definition) is 2. The van der Waals surface area contributed by atoms with E-state index >= 15 is 0 Å². The minimum absolute atomic E-state index is 0.0910. The van der Waals surface area contributed by atoms with Gasteiger partial charge in [0.15, 0.2) is 0 Å². The zero-order valence-corrected chi connectivity index (χ0v) is 12.4. The minimum Gasteiger partial charge on any atom is -0.477 e. The largest absolute Gasteiger partial charge is 0.477 e. The fourth-order valence-electron chi connectivity index (χ4n) is 3.36. The van der Waals surface area contributed by atoms with Crippen LogP contribution in [-0.4, -0.2) is 22.6 Å². The lowest BCUT2D eigenvalue weighted by Gasteiger charge is -2.31. The second-order valence-corrected chi connectivity index (χ2v) is 6.40. The Hall–Kier alpha value is -1.58. The number of pyridine rings is 1. The fraction of sp³-hybridized carbons (Fsp3) is 0.625. The summed E-state index contributed by atoms with van der Waals surface area (Å²) in [4.78, 5) is 14.7. The first kappa shape index (κ1) is 14.8. The van der Waals surface area contributed by atoms with Gasteiger partial charge in [-0.25, -0.2) is 9.78 Å². The van der Waals surface area contributed by atoms with Gasteiger partial charge in [0.1, 0.15) is 5.69 Å². The third kappa shape index (κ3) is 3.71. The Morgan fingerprint density at radius 2 is 2.10 bits per heavy atom. The van der Waals surface area contributed by atoms with Gasteiger partial charge in [-0.3, -0.25) is 0 Å². The van der Waals surface area contributed by atoms with Gasteiger partial charge in [-0.1, -0.05) is 26.7 Å². The van der Waals surface area contributed by atoms with Crippen molar-refractivity contribution in [3.63, 3.8) is 0 Å². The van der Waals surface area contributed by atoms with Crippen LogP contribution < -0.4 is 5.32 Å². The summed E-state index contributed by atoms with van der Waals surface area (Å²) in [7, 11) is 0. The highest BCUT2D eigenvalue weighted by molar-refractivity contribution is 5.85. The van der Waals surface area contributed by atoms with Crippen molar-refractivity contribution in [3.8, 4) is 0 Å². The number of carboxylic acid groups (broad SMARTS) is 1. The van der Waals surface area contributed by atoms with Gasteiger partial charge in [-0.2, -0.15) is 0 Å². The van der Waals surface area contributed by atoms with Crippen molar-refractivity contribution in [2.75, 3.05) is 11.9 Å². The molecular weight excluding hydrogens is 252 g/mol. The Bertz CT molecular complexity index is 448. The molecule has 0 atom stereocenters. The predicted octanol–water partition coefficient (Wildman–Crippen LogP) is 3.80. The summed E-state index contributed by atoms with van der Waals surface area (Å²) in [6.45, 7) is 5.52. The number of carbonyl (C=O) groups is 1. The average Bonchev–Trinajstić information content (AvgIpc) is 2.85. The number of hydrogen-bond acceptors (Lipinski definition) is 3. The van der Waals surface area contributed by atoms with Crippen LogP contribution in [0.25, 0.3) is 0 Å². The van der Waals surface area contributed by atoms with E-state index < -0.39 is 5.97 Å². The summed E-state index contributed by atoms with van der Waals surface area (Å²) >= 11 is 0. The molecule has 1 aliphatic carbocycles. The van der Waals surface area contributed by atoms with Crippen LogP contribution in [0, 0.1) is 11.3 Å². The molecule has 1 aliphatic rings. The van der Waals surface area contributed by atoms with Gasteiger partial charge in [0.25, 0.3) is 0 Å². The Morgan fingerprint density at radius 1 is 1.40 bits per heavy atom. The number of rotatable bonds is 6. The molecular formula is C16H24N2O2. The Balaban J connectivity index is 1.97. The summed E-state index contributed by atoms with van der Waals surface area (Å²) in [5.41, 5.74) is 1.40. The van der Waals surface area contributed by atoms with Crippen LogP contribution in [0.2, 0.25) is 0 Å². The molecule has 1 heterocycles. The lowest BCUT2D eigenvalue weighted by molar-refractivity contribution is 0.0690. The number of nitrogens with one attached hydrogen (secondary N) is 1. The number of aromatic nitrogens is 1. The van der Waals surface area contributed by atoms with Crippen LogP contribution in [-0.2, 0) is 0 Å². The highest BCUT2D eigenvalue weighted by atomic mass is 16.4. The molecule has 0 radical (unpaired) electrons. The first-order chi connectivity index (χ1) is 9.51. The Morgan fingerprint density at radius 3 is 2.60 bits per heavy atom. The summed E-state index contributed by atoms with van der Waals surface area (Å²) in [5, 5.41) is 12.3. The van der Waals surface area contributed by atoms with Crippen LogP contribution in [0.1, 0.15) is 56.4 Å². The van der Waals surface area contributed by atoms with E-state index in [0.29, 0.717) is 11.3 Å². The first-order valence-corrected chi connectivity index (χ1v) is 7.44. The smallest absolute Gasteiger partial charge is 0.354 e. The predicted molar refractivity (Wildman–Crippen MR) is 80.0 cm³/mol. The molecule has 0 unspecified atom stereocenters. The monoisotopic (exact) mass is 276 g/mol. The highest BCUT2D eigenvalue weighted by Crippen LogP contribution is 2.43. The molecule has 0 saturated heterocycles. The topological polar surface area (TPSA) is 62.2 Å². The van der Waals surface area contributed by atoms with Crippen molar-refractivity contribution in [1.82, 2.24) is 4.98 Å². The van der Waals surface area contributed by atoms with Crippen molar-refractivity contribution in [1.29, 1.82) is 0 Å². The molecule has 0 aliphatic heterocycles. The fourth-order valence-corrected chi connectivity index (χ4v) is 3.36. The molecule has 1 aromatic rings. The van der Waals surface area contributed by atoms with E-state index in [2.05, 4.69) is 24.1 Å². The van der Waals surface area contributed by atoms with Gasteiger partial charge in [0, 0.05) is 6.54 Å². The maximum Gasteiger partial charge on any atom is 0.354 e. The van der Waals surface area contributed by atoms with Crippen molar-refractivity contribution in [3.05, 3.63) is 24.0 Å². The molecule has 20 heavy (non-hydrogen) atoms. The van der Waals surface area contributed by atoms with Gasteiger partial charge < -0.3 is 10.4 Å². The standard InChI is InChI=1S/C16H24N2O2/c1-12(2)9-16(7-3-4-8-16)11-18-13-5-6-14(15(19)20)17-10-13/h5-6,10,12,18H,3-4,7-9,11H2,1-2H3,(H,19,20). The SMILES string of the molecule is CC(C)CC1(CNc2ccc(C(=O)O)nc2)CCCC1. The molecule has 0 spiro atoms. The van der Waals surface area contributed by atoms with Gasteiger partial charge >= 0.3 is 5.97 Å². The molecule has 4 heteroatoms. The van der Waals surface area contributed by atoms with Crippen LogP contribution in [0.5, 0.6) is 0 Å². The van der Waals surface area contributed by atoms with Crippen molar-refractivity contribution in [2.45, 2.75) is 46.0 Å². The average molecular weight is 276 g/mol. The van der Waals surface area contributed by atoms with Crippen LogP contribution in [0.15, 0.2) is 18.3 Å². The third-order valence-corrected chi connectivity index (χ3v) is 4.16. The van der Waals surface area contributed by atoms with Gasteiger partial charge in [-0.15, -0.1) is 0 Å². The van der Waals surface area contributed by atoms with Gasteiger partial charge in [-0.05, 0) is 42.7 Å². The van der Waals surface area contributed by atoms with Crippen molar-refractivity contribution >= 4 is 11.7 Å². The summed E-state index contributed by atoms with van der Waals surface area (Å²) in [6, 6.07) is 3.35. The number of nitrogens with zero attached hydrogens (tertiary/aromatic N) is 1. The maximum atomic E-state index is 10.8. The molecule has 0 aromatic carbocycles. The lowest BCUT2D eigenvalue weighted by atomic mass is 9.78. The van der Waals surface area contributed by atoms with Crippen LogP contribution in [0.3, 0.4) is 0 Å². The molecule has 1 aromatic heterocycles. The van der Waals surface area contributed by atoms with E-state index in [1.54, 1.807) is 18.3 Å². The summed E-state index contributed by atoms with van der Waals surface area (Å²) in [5.74, 6) is -0.272. The van der Waals surface area contributed by atoms with E-state index in [0.717, 1.165) is 12.2 Å². The molecule has 2 N–H and O–H groups in total. The van der Waals surface area contributed by atoms with E-state index in [9.17, 15) is 4.79 Å². The quantitative estimate of drug-likeness (QED) is 0.829. The third-order valence-electron chi connectivity index (χ3n) is 4.16. The Labute approximate surface area is 120 Å². The maximum absolute atomic E-state index is 10.8. The van der Waals surface area contributed by atoms with E-state index in [1.807, 2.05) is 0 Å². The first-order valence-electron chi connectivity index (χ1n) is 7.44. The Kier molecular flexibility index (Phi) is 4.63. The van der Waals surface area contributed by atoms with Crippen LogP contribution >= 0.6 is 0 Å². The molecule has 2 rings (SSSR count). The highest BCUT2D eigenvalue weighted by Gasteiger charge is 2.34. The van der Waals surface area contributed by atoms with Crippen molar-refractivity contribution in [2.24, 2.45) is 11.3 Å². The van der Waals surface area contributed by atoms with Gasteiger partial charge in [0.05, 0.1) is 11.9 Å². The second kappa shape index (κ2) is 6.25. The molecule has 1 saturated carbocycles. The van der Waals surface area contributed by atoms with Gasteiger partial charge in [0.2, 0.25) is 0 Å². The lowest BCUT2D eigenvalue weighted by Crippen LogP contribution is -2.28. The molecule has 110 valence electrons. The summed E-state index contributed by atoms with van der Waals surface area (Å²) < 4.78 is 0. The second-order valence-electron chi connectivity index (χ2n) is 6.40. The van der Waals surface area contributed by atoms with Crippen molar-refractivity contribution < 1.29 is 9.90 Å². The van der Waals surface area contributed by atoms with E-state index in [-0.39, 0.29) is 5.69 Å². The van der Waals surface area contributed by atoms with E-state index in [4.69, 9.17) is 5.11 Å². The molecule has 0 amide bonds. The molecule has 1 fully saturated rings. The van der Waals surface area contributed by atoms with E-state index in [1.165, 1.54) is 32.1 Å². The summed E-state index contributed by atoms with van der Waals surface area (Å²) in [6.07, 6.45) is 8.09. The zero-order chi connectivity index (χ0) is 14.6. The van der Waals surface area contributed by atoms with Crippen LogP contribution in [0.4, 0.5) is 5.69 Å². The molecule has 4 nitrogen and oxygen atoms in total. The number of aromatic carboxylic acids is 1. The molecule has 0 bridgehead atoms. The normalized spacial score (nSPS) is 17.4. The minimum atomic E-state index is -0.983. The number of anilines is 1. The number of carboxylic acids is 1.